The summed E-state index contributed by atoms with van der Waals surface area (Å²) in [7, 11) is 0. The first-order valence-corrected chi connectivity index (χ1v) is 5.71. The number of nitrogens with two attached hydrogens (primary N) is 1. The Morgan fingerprint density at radius 1 is 1.42 bits per heavy atom. The fraction of sp³-hybridized carbons (Fsp3) is 0.417. The number of rotatable bonds is 3. The molecule has 2 rings (SSSR count). The number of halogens is 3. The Bertz CT molecular complexity index is 459. The fourth-order valence-corrected chi connectivity index (χ4v) is 1.88. The van der Waals surface area contributed by atoms with Gasteiger partial charge in [0.15, 0.2) is 0 Å². The van der Waals surface area contributed by atoms with Crippen LogP contribution in [0.2, 0.25) is 0 Å². The van der Waals surface area contributed by atoms with Crippen molar-refractivity contribution in [2.75, 3.05) is 11.9 Å². The second-order valence-corrected chi connectivity index (χ2v) is 4.17. The maximum Gasteiger partial charge on any atom is 0.253 e. The maximum atomic E-state index is 13.3. The first kappa shape index (κ1) is 15.8. The molecule has 1 aliphatic heterocycles. The highest BCUT2D eigenvalue weighted by molar-refractivity contribution is 5.94. The van der Waals surface area contributed by atoms with E-state index in [2.05, 4.69) is 5.32 Å². The van der Waals surface area contributed by atoms with E-state index in [-0.39, 0.29) is 24.2 Å². The van der Waals surface area contributed by atoms with Crippen molar-refractivity contribution >= 4 is 24.0 Å². The largest absolute Gasteiger partial charge is 0.364 e. The summed E-state index contributed by atoms with van der Waals surface area (Å²) in [6.07, 6.45) is 0.513. The van der Waals surface area contributed by atoms with Crippen molar-refractivity contribution < 1.29 is 18.3 Å². The minimum Gasteiger partial charge on any atom is -0.364 e. The number of nitrogens with one attached hydrogen (secondary N) is 1. The average Bonchev–Trinajstić information content (AvgIpc) is 2.81. The highest BCUT2D eigenvalue weighted by Gasteiger charge is 2.30. The summed E-state index contributed by atoms with van der Waals surface area (Å²) < 4.78 is 31.4. The first-order valence-electron chi connectivity index (χ1n) is 5.71. The van der Waals surface area contributed by atoms with Gasteiger partial charge in [-0.2, -0.15) is 0 Å². The minimum atomic E-state index is -0.809. The molecule has 0 bridgehead atoms. The van der Waals surface area contributed by atoms with Gasteiger partial charge in [0.25, 0.3) is 5.91 Å². The van der Waals surface area contributed by atoms with E-state index in [4.69, 9.17) is 10.5 Å². The number of ether oxygens (including phenoxy) is 1. The van der Waals surface area contributed by atoms with Gasteiger partial charge in [0.2, 0.25) is 0 Å². The SMILES string of the molecule is Cl.NC[C@H]1CC[C@@H](C(=O)Nc2ccc(F)cc2F)O1. The van der Waals surface area contributed by atoms with Crippen molar-refractivity contribution in [2.45, 2.75) is 25.0 Å². The van der Waals surface area contributed by atoms with Crippen molar-refractivity contribution in [1.29, 1.82) is 0 Å². The van der Waals surface area contributed by atoms with Gasteiger partial charge in [-0.15, -0.1) is 12.4 Å². The second kappa shape index (κ2) is 6.79. The molecule has 0 unspecified atom stereocenters. The number of carbonyl (C=O) groups is 1. The number of anilines is 1. The standard InChI is InChI=1S/C12H14F2N2O2.ClH/c13-7-1-3-10(9(14)5-7)16-12(17)11-4-2-8(6-15)18-11;/h1,3,5,8,11H,2,4,6,15H2,(H,16,17);1H/t8-,11+;/m1./s1. The number of hydrogen-bond acceptors (Lipinski definition) is 3. The third-order valence-corrected chi connectivity index (χ3v) is 2.85. The summed E-state index contributed by atoms with van der Waals surface area (Å²) >= 11 is 0. The lowest BCUT2D eigenvalue weighted by atomic mass is 10.2. The molecule has 1 aromatic rings. The van der Waals surface area contributed by atoms with Crippen molar-refractivity contribution in [1.82, 2.24) is 0 Å². The number of amides is 1. The van der Waals surface area contributed by atoms with E-state index in [9.17, 15) is 13.6 Å². The second-order valence-electron chi connectivity index (χ2n) is 4.17. The summed E-state index contributed by atoms with van der Waals surface area (Å²) in [5.41, 5.74) is 5.38. The predicted molar refractivity (Wildman–Crippen MR) is 69.2 cm³/mol. The molecule has 7 heteroatoms. The Morgan fingerprint density at radius 3 is 2.74 bits per heavy atom. The molecule has 1 heterocycles. The lowest BCUT2D eigenvalue weighted by Crippen LogP contribution is -2.30. The zero-order chi connectivity index (χ0) is 13.1. The van der Waals surface area contributed by atoms with E-state index < -0.39 is 23.6 Å². The summed E-state index contributed by atoms with van der Waals surface area (Å²) in [6, 6.07) is 2.97. The monoisotopic (exact) mass is 292 g/mol. The number of carbonyl (C=O) groups excluding carboxylic acids is 1. The van der Waals surface area contributed by atoms with Gasteiger partial charge in [-0.1, -0.05) is 0 Å². The fourth-order valence-electron chi connectivity index (χ4n) is 1.88. The summed E-state index contributed by atoms with van der Waals surface area (Å²) in [5.74, 6) is -1.93. The molecule has 1 amide bonds. The Balaban J connectivity index is 0.00000180. The number of benzene rings is 1. The van der Waals surface area contributed by atoms with Gasteiger partial charge in [0.1, 0.15) is 17.7 Å². The first-order chi connectivity index (χ1) is 8.60. The van der Waals surface area contributed by atoms with Gasteiger partial charge >= 0.3 is 0 Å². The molecule has 1 aliphatic rings. The molecule has 3 N–H and O–H groups in total. The van der Waals surface area contributed by atoms with E-state index in [1.807, 2.05) is 0 Å². The average molecular weight is 293 g/mol. The van der Waals surface area contributed by atoms with E-state index in [1.54, 1.807) is 0 Å². The van der Waals surface area contributed by atoms with Crippen LogP contribution in [-0.2, 0) is 9.53 Å². The highest BCUT2D eigenvalue weighted by atomic mass is 35.5. The Hall–Kier alpha value is -1.24. The Kier molecular flexibility index (Phi) is 5.65. The normalized spacial score (nSPS) is 21.8. The summed E-state index contributed by atoms with van der Waals surface area (Å²) in [4.78, 5) is 11.8. The molecule has 19 heavy (non-hydrogen) atoms. The summed E-state index contributed by atoms with van der Waals surface area (Å²) in [5, 5.41) is 2.38. The van der Waals surface area contributed by atoms with Gasteiger partial charge < -0.3 is 15.8 Å². The molecule has 1 saturated heterocycles. The van der Waals surface area contributed by atoms with Gasteiger partial charge in [-0.25, -0.2) is 8.78 Å². The van der Waals surface area contributed by atoms with Crippen LogP contribution >= 0.6 is 12.4 Å². The quantitative estimate of drug-likeness (QED) is 0.893. The maximum absolute atomic E-state index is 13.3. The van der Waals surface area contributed by atoms with Crippen molar-refractivity contribution in [2.24, 2.45) is 5.73 Å². The molecule has 0 spiro atoms. The van der Waals surface area contributed by atoms with E-state index in [0.717, 1.165) is 6.07 Å². The van der Waals surface area contributed by atoms with Crippen LogP contribution in [0.5, 0.6) is 0 Å². The molecule has 4 nitrogen and oxygen atoms in total. The van der Waals surface area contributed by atoms with Crippen LogP contribution in [0, 0.1) is 11.6 Å². The molecule has 1 aromatic carbocycles. The molecule has 106 valence electrons. The minimum absolute atomic E-state index is 0. The van der Waals surface area contributed by atoms with Crippen LogP contribution in [-0.4, -0.2) is 24.7 Å². The summed E-state index contributed by atoms with van der Waals surface area (Å²) in [6.45, 7) is 0.356. The Labute approximate surface area is 115 Å². The predicted octanol–water partition coefficient (Wildman–Crippen LogP) is 1.83. The van der Waals surface area contributed by atoms with Crippen LogP contribution < -0.4 is 11.1 Å². The van der Waals surface area contributed by atoms with Crippen molar-refractivity contribution in [3.05, 3.63) is 29.8 Å². The van der Waals surface area contributed by atoms with Gasteiger partial charge in [0, 0.05) is 12.6 Å². The van der Waals surface area contributed by atoms with E-state index >= 15 is 0 Å². The molecule has 0 aliphatic carbocycles. The zero-order valence-electron chi connectivity index (χ0n) is 10.1. The van der Waals surface area contributed by atoms with Gasteiger partial charge in [-0.05, 0) is 25.0 Å². The zero-order valence-corrected chi connectivity index (χ0v) is 10.9. The van der Waals surface area contributed by atoms with Crippen molar-refractivity contribution in [3.8, 4) is 0 Å². The van der Waals surface area contributed by atoms with Crippen molar-refractivity contribution in [3.63, 3.8) is 0 Å². The van der Waals surface area contributed by atoms with Crippen LogP contribution in [0.3, 0.4) is 0 Å². The topological polar surface area (TPSA) is 64.4 Å². The molecule has 1 fully saturated rings. The molecule has 0 radical (unpaired) electrons. The third-order valence-electron chi connectivity index (χ3n) is 2.85. The van der Waals surface area contributed by atoms with E-state index in [0.29, 0.717) is 25.5 Å². The molecule has 0 saturated carbocycles. The van der Waals surface area contributed by atoms with E-state index in [1.165, 1.54) is 6.07 Å². The lowest BCUT2D eigenvalue weighted by Gasteiger charge is -2.13. The lowest BCUT2D eigenvalue weighted by molar-refractivity contribution is -0.126. The molecular formula is C12H15ClF2N2O2. The smallest absolute Gasteiger partial charge is 0.253 e. The van der Waals surface area contributed by atoms with Crippen LogP contribution in [0.1, 0.15) is 12.8 Å². The molecular weight excluding hydrogens is 278 g/mol. The van der Waals surface area contributed by atoms with Crippen LogP contribution in [0.4, 0.5) is 14.5 Å². The van der Waals surface area contributed by atoms with Crippen LogP contribution in [0.25, 0.3) is 0 Å². The molecule has 0 aromatic heterocycles. The Morgan fingerprint density at radius 2 is 2.16 bits per heavy atom. The number of hydrogen-bond donors (Lipinski definition) is 2. The van der Waals surface area contributed by atoms with Gasteiger partial charge in [-0.3, -0.25) is 4.79 Å². The van der Waals surface area contributed by atoms with Gasteiger partial charge in [0.05, 0.1) is 11.8 Å². The third kappa shape index (κ3) is 3.86. The molecule has 2 atom stereocenters. The highest BCUT2D eigenvalue weighted by Crippen LogP contribution is 2.21. The van der Waals surface area contributed by atoms with Crippen LogP contribution in [0.15, 0.2) is 18.2 Å².